The van der Waals surface area contributed by atoms with Crippen LogP contribution in [0.5, 0.6) is 5.75 Å². The molecule has 0 aromatic heterocycles. The largest absolute Gasteiger partial charge is 0.490 e. The maximum Gasteiger partial charge on any atom is 0.123 e. The molecule has 14 heavy (non-hydrogen) atoms. The molecule has 1 aromatic carbocycles. The van der Waals surface area contributed by atoms with Gasteiger partial charge >= 0.3 is 0 Å². The molecule has 2 rings (SSSR count). The van der Waals surface area contributed by atoms with Crippen molar-refractivity contribution in [2.24, 2.45) is 0 Å². The van der Waals surface area contributed by atoms with Gasteiger partial charge in [0.25, 0.3) is 0 Å². The monoisotopic (exact) mass is 192 g/mol. The van der Waals surface area contributed by atoms with Crippen LogP contribution in [-0.2, 0) is 6.42 Å². The Labute approximate surface area is 84.5 Å². The van der Waals surface area contributed by atoms with Gasteiger partial charge in [0, 0.05) is 6.42 Å². The zero-order chi connectivity index (χ0) is 10.3. The third kappa shape index (κ3) is 1.62. The average Bonchev–Trinajstić information content (AvgIpc) is 2.07. The van der Waals surface area contributed by atoms with Gasteiger partial charge in [-0.2, -0.15) is 0 Å². The smallest absolute Gasteiger partial charge is 0.123 e. The second-order valence-corrected chi connectivity index (χ2v) is 4.51. The lowest BCUT2D eigenvalue weighted by atomic mass is 9.92. The standard InChI is InChI=1S/C12H16O2/c1-8-4-10-6-12(3,13)7-14-11(10)5-9(8)2/h4-5,13H,6-7H2,1-3H3/t12-/m1/s1. The van der Waals surface area contributed by atoms with E-state index in [1.165, 1.54) is 11.1 Å². The van der Waals surface area contributed by atoms with Crippen molar-refractivity contribution in [3.05, 3.63) is 28.8 Å². The van der Waals surface area contributed by atoms with Gasteiger partial charge in [-0.3, -0.25) is 0 Å². The van der Waals surface area contributed by atoms with Crippen molar-refractivity contribution in [2.75, 3.05) is 6.61 Å². The summed E-state index contributed by atoms with van der Waals surface area (Å²) in [6.07, 6.45) is 0.684. The summed E-state index contributed by atoms with van der Waals surface area (Å²) in [5.74, 6) is 0.930. The van der Waals surface area contributed by atoms with Gasteiger partial charge in [-0.1, -0.05) is 6.07 Å². The van der Waals surface area contributed by atoms with Gasteiger partial charge in [-0.25, -0.2) is 0 Å². The number of rotatable bonds is 0. The van der Waals surface area contributed by atoms with E-state index < -0.39 is 5.60 Å². The highest BCUT2D eigenvalue weighted by Gasteiger charge is 2.28. The van der Waals surface area contributed by atoms with Crippen molar-refractivity contribution in [1.82, 2.24) is 0 Å². The van der Waals surface area contributed by atoms with Crippen LogP contribution < -0.4 is 4.74 Å². The SMILES string of the molecule is Cc1cc2c(cc1C)OC[C@](C)(O)C2. The summed E-state index contributed by atoms with van der Waals surface area (Å²) in [4.78, 5) is 0. The Balaban J connectivity index is 2.43. The Morgan fingerprint density at radius 3 is 2.64 bits per heavy atom. The molecule has 0 radical (unpaired) electrons. The van der Waals surface area contributed by atoms with Gasteiger partial charge in [-0.05, 0) is 43.5 Å². The minimum Gasteiger partial charge on any atom is -0.490 e. The van der Waals surface area contributed by atoms with Crippen LogP contribution in [0.3, 0.4) is 0 Å². The summed E-state index contributed by atoms with van der Waals surface area (Å²) in [7, 11) is 0. The highest BCUT2D eigenvalue weighted by molar-refractivity contribution is 5.43. The van der Waals surface area contributed by atoms with Gasteiger partial charge < -0.3 is 9.84 Å². The molecule has 1 aromatic rings. The number of benzene rings is 1. The number of ether oxygens (including phenoxy) is 1. The normalized spacial score (nSPS) is 25.4. The first-order valence-corrected chi connectivity index (χ1v) is 4.93. The summed E-state index contributed by atoms with van der Waals surface area (Å²) in [6, 6.07) is 4.16. The minimum absolute atomic E-state index is 0.391. The number of fused-ring (bicyclic) bond motifs is 1. The quantitative estimate of drug-likeness (QED) is 0.681. The van der Waals surface area contributed by atoms with Gasteiger partial charge in [0.05, 0.1) is 5.60 Å². The van der Waals surface area contributed by atoms with Crippen molar-refractivity contribution in [3.63, 3.8) is 0 Å². The third-order valence-electron chi connectivity index (χ3n) is 2.79. The fourth-order valence-electron chi connectivity index (χ4n) is 1.82. The Hall–Kier alpha value is -1.02. The summed E-state index contributed by atoms with van der Waals surface area (Å²) < 4.78 is 5.52. The minimum atomic E-state index is -0.714. The zero-order valence-corrected chi connectivity index (χ0v) is 8.92. The summed E-state index contributed by atoms with van der Waals surface area (Å²) in [5.41, 5.74) is 2.90. The van der Waals surface area contributed by atoms with Gasteiger partial charge in [0.2, 0.25) is 0 Å². The summed E-state index contributed by atoms with van der Waals surface area (Å²) >= 11 is 0. The van der Waals surface area contributed by atoms with Crippen LogP contribution in [0.2, 0.25) is 0 Å². The number of aliphatic hydroxyl groups is 1. The van der Waals surface area contributed by atoms with Crippen molar-refractivity contribution in [3.8, 4) is 5.75 Å². The van der Waals surface area contributed by atoms with Crippen LogP contribution in [0.4, 0.5) is 0 Å². The van der Waals surface area contributed by atoms with Crippen LogP contribution in [-0.4, -0.2) is 17.3 Å². The maximum absolute atomic E-state index is 9.86. The molecule has 0 saturated heterocycles. The van der Waals surface area contributed by atoms with Crippen molar-refractivity contribution < 1.29 is 9.84 Å². The fourth-order valence-corrected chi connectivity index (χ4v) is 1.82. The van der Waals surface area contributed by atoms with E-state index in [0.717, 1.165) is 11.3 Å². The Morgan fingerprint density at radius 1 is 1.29 bits per heavy atom. The molecule has 2 nitrogen and oxygen atoms in total. The molecule has 0 aliphatic carbocycles. The highest BCUT2D eigenvalue weighted by atomic mass is 16.5. The molecule has 0 saturated carbocycles. The molecular formula is C12H16O2. The lowest BCUT2D eigenvalue weighted by molar-refractivity contribution is -0.000662. The van der Waals surface area contributed by atoms with E-state index in [0.29, 0.717) is 13.0 Å². The van der Waals surface area contributed by atoms with Crippen LogP contribution in [0.25, 0.3) is 0 Å². The molecule has 2 heteroatoms. The fraction of sp³-hybridized carbons (Fsp3) is 0.500. The van der Waals surface area contributed by atoms with Crippen LogP contribution in [0.1, 0.15) is 23.6 Å². The van der Waals surface area contributed by atoms with E-state index in [1.807, 2.05) is 6.92 Å². The molecule has 0 fully saturated rings. The van der Waals surface area contributed by atoms with Crippen molar-refractivity contribution >= 4 is 0 Å². The van der Waals surface area contributed by atoms with Crippen molar-refractivity contribution in [2.45, 2.75) is 32.8 Å². The van der Waals surface area contributed by atoms with Gasteiger partial charge in [0.1, 0.15) is 12.4 Å². The van der Waals surface area contributed by atoms with E-state index in [2.05, 4.69) is 26.0 Å². The molecule has 1 aliphatic heterocycles. The molecule has 0 spiro atoms. The molecule has 1 aliphatic rings. The molecule has 1 atom stereocenters. The first-order valence-electron chi connectivity index (χ1n) is 4.93. The molecule has 0 unspecified atom stereocenters. The summed E-state index contributed by atoms with van der Waals surface area (Å²) in [5, 5.41) is 9.86. The highest BCUT2D eigenvalue weighted by Crippen LogP contribution is 2.31. The van der Waals surface area contributed by atoms with E-state index in [1.54, 1.807) is 0 Å². The van der Waals surface area contributed by atoms with Crippen LogP contribution in [0.15, 0.2) is 12.1 Å². The van der Waals surface area contributed by atoms with E-state index in [9.17, 15) is 5.11 Å². The Morgan fingerprint density at radius 2 is 1.93 bits per heavy atom. The molecule has 76 valence electrons. The number of hydrogen-bond donors (Lipinski definition) is 1. The molecule has 0 bridgehead atoms. The predicted molar refractivity (Wildman–Crippen MR) is 55.7 cm³/mol. The topological polar surface area (TPSA) is 29.5 Å². The maximum atomic E-state index is 9.86. The zero-order valence-electron chi connectivity index (χ0n) is 8.92. The third-order valence-corrected chi connectivity index (χ3v) is 2.79. The first kappa shape index (κ1) is 9.53. The average molecular weight is 192 g/mol. The second-order valence-electron chi connectivity index (χ2n) is 4.51. The number of aryl methyl sites for hydroxylation is 2. The molecule has 0 amide bonds. The van der Waals surface area contributed by atoms with E-state index in [-0.39, 0.29) is 0 Å². The lowest BCUT2D eigenvalue weighted by Gasteiger charge is -2.30. The van der Waals surface area contributed by atoms with Crippen molar-refractivity contribution in [1.29, 1.82) is 0 Å². The predicted octanol–water partition coefficient (Wildman–Crippen LogP) is 1.99. The lowest BCUT2D eigenvalue weighted by Crippen LogP contribution is -2.38. The van der Waals surface area contributed by atoms with Crippen LogP contribution >= 0.6 is 0 Å². The Kier molecular flexibility index (Phi) is 2.04. The Bertz CT molecular complexity index is 367. The summed E-state index contributed by atoms with van der Waals surface area (Å²) in [6.45, 7) is 6.36. The second kappa shape index (κ2) is 2.99. The molecule has 1 N–H and O–H groups in total. The van der Waals surface area contributed by atoms with Gasteiger partial charge in [0.15, 0.2) is 0 Å². The van der Waals surface area contributed by atoms with Gasteiger partial charge in [-0.15, -0.1) is 0 Å². The van der Waals surface area contributed by atoms with Crippen LogP contribution in [0, 0.1) is 13.8 Å². The van der Waals surface area contributed by atoms with E-state index in [4.69, 9.17) is 4.74 Å². The molecular weight excluding hydrogens is 176 g/mol. The first-order chi connectivity index (χ1) is 6.48. The molecule has 1 heterocycles. The number of hydrogen-bond acceptors (Lipinski definition) is 2. The van der Waals surface area contributed by atoms with E-state index >= 15 is 0 Å².